The van der Waals surface area contributed by atoms with Crippen LogP contribution in [0.4, 0.5) is 4.79 Å². The fourth-order valence-corrected chi connectivity index (χ4v) is 2.17. The van der Waals surface area contributed by atoms with Crippen LogP contribution in [-0.2, 0) is 16.5 Å². The molecule has 0 saturated carbocycles. The summed E-state index contributed by atoms with van der Waals surface area (Å²) < 4.78 is 11.9. The highest BCUT2D eigenvalue weighted by Gasteiger charge is 2.23. The molecule has 7 heteroatoms. The van der Waals surface area contributed by atoms with Crippen molar-refractivity contribution < 1.29 is 19.1 Å². The minimum absolute atomic E-state index is 0.0623. The van der Waals surface area contributed by atoms with E-state index in [-0.39, 0.29) is 18.2 Å². The van der Waals surface area contributed by atoms with Gasteiger partial charge in [0, 0.05) is 39.4 Å². The molecule has 0 bridgehead atoms. The second-order valence-corrected chi connectivity index (χ2v) is 6.55. The molecular formula is C16H27N3O4. The van der Waals surface area contributed by atoms with Gasteiger partial charge < -0.3 is 14.8 Å². The molecule has 7 nitrogen and oxygen atoms in total. The van der Waals surface area contributed by atoms with Crippen molar-refractivity contribution in [3.05, 3.63) is 17.5 Å². The number of methoxy groups -OCH3 is 1. The molecule has 1 aromatic rings. The van der Waals surface area contributed by atoms with Crippen molar-refractivity contribution in [1.82, 2.24) is 15.1 Å². The zero-order valence-corrected chi connectivity index (χ0v) is 14.8. The molecule has 0 aromatic carbocycles. The standard InChI is InChI=1S/C16H27N3O4/c1-11-13(10-19(5)18-11)14(20)9-12(7-8-22-6)17-15(21)23-16(2,3)4/h10,12H,7-9H2,1-6H3,(H,17,21). The molecule has 1 rings (SSSR count). The first-order chi connectivity index (χ1) is 10.6. The van der Waals surface area contributed by atoms with Gasteiger partial charge in [-0.15, -0.1) is 0 Å². The van der Waals surface area contributed by atoms with E-state index in [1.54, 1.807) is 52.7 Å². The van der Waals surface area contributed by atoms with Crippen LogP contribution >= 0.6 is 0 Å². The third-order valence-electron chi connectivity index (χ3n) is 3.14. The number of rotatable bonds is 7. The summed E-state index contributed by atoms with van der Waals surface area (Å²) in [5.41, 5.74) is 0.668. The van der Waals surface area contributed by atoms with E-state index in [1.807, 2.05) is 0 Å². The van der Waals surface area contributed by atoms with Gasteiger partial charge in [0.2, 0.25) is 0 Å². The Morgan fingerprint density at radius 1 is 1.39 bits per heavy atom. The monoisotopic (exact) mass is 325 g/mol. The molecule has 0 aliphatic heterocycles. The lowest BCUT2D eigenvalue weighted by Crippen LogP contribution is -2.40. The molecule has 0 fully saturated rings. The average molecular weight is 325 g/mol. The summed E-state index contributed by atoms with van der Waals surface area (Å²) in [7, 11) is 3.35. The third kappa shape index (κ3) is 6.81. The summed E-state index contributed by atoms with van der Waals surface area (Å²) in [6.07, 6.45) is 1.86. The Labute approximate surface area is 137 Å². The van der Waals surface area contributed by atoms with Crippen molar-refractivity contribution in [3.63, 3.8) is 0 Å². The first kappa shape index (κ1) is 19.2. The van der Waals surface area contributed by atoms with Crippen LogP contribution in [0.15, 0.2) is 6.20 Å². The zero-order valence-electron chi connectivity index (χ0n) is 14.8. The molecule has 0 aliphatic carbocycles. The molecule has 1 unspecified atom stereocenters. The highest BCUT2D eigenvalue weighted by Crippen LogP contribution is 2.13. The van der Waals surface area contributed by atoms with E-state index in [2.05, 4.69) is 10.4 Å². The summed E-state index contributed by atoms with van der Waals surface area (Å²) >= 11 is 0. The highest BCUT2D eigenvalue weighted by molar-refractivity contribution is 5.97. The first-order valence-corrected chi connectivity index (χ1v) is 7.64. The lowest BCUT2D eigenvalue weighted by atomic mass is 10.0. The maximum atomic E-state index is 12.4. The third-order valence-corrected chi connectivity index (χ3v) is 3.14. The van der Waals surface area contributed by atoms with E-state index in [4.69, 9.17) is 9.47 Å². The number of aromatic nitrogens is 2. The number of Topliss-reactive ketones (excluding diaryl/α,β-unsaturated/α-hetero) is 1. The number of carbonyl (C=O) groups is 2. The predicted molar refractivity (Wildman–Crippen MR) is 86.5 cm³/mol. The number of aryl methyl sites for hydroxylation is 2. The van der Waals surface area contributed by atoms with Crippen LogP contribution in [0.25, 0.3) is 0 Å². The Bertz CT molecular complexity index is 546. The zero-order chi connectivity index (χ0) is 17.6. The number of hydrogen-bond donors (Lipinski definition) is 1. The summed E-state index contributed by atoms with van der Waals surface area (Å²) in [4.78, 5) is 24.4. The van der Waals surface area contributed by atoms with Gasteiger partial charge in [0.05, 0.1) is 11.3 Å². The number of ether oxygens (including phenoxy) is 2. The lowest BCUT2D eigenvalue weighted by Gasteiger charge is -2.23. The normalized spacial score (nSPS) is 12.8. The van der Waals surface area contributed by atoms with Crippen molar-refractivity contribution in [1.29, 1.82) is 0 Å². The fourth-order valence-electron chi connectivity index (χ4n) is 2.17. The van der Waals surface area contributed by atoms with E-state index in [1.165, 1.54) is 0 Å². The van der Waals surface area contributed by atoms with Crippen LogP contribution in [0, 0.1) is 6.92 Å². The quantitative estimate of drug-likeness (QED) is 0.777. The number of nitrogens with one attached hydrogen (secondary N) is 1. The molecule has 0 spiro atoms. The average Bonchev–Trinajstić information content (AvgIpc) is 2.72. The Hall–Kier alpha value is -1.89. The van der Waals surface area contributed by atoms with E-state index in [9.17, 15) is 9.59 Å². The van der Waals surface area contributed by atoms with Gasteiger partial charge in [-0.05, 0) is 34.1 Å². The molecule has 1 heterocycles. The molecule has 1 N–H and O–H groups in total. The summed E-state index contributed by atoms with van der Waals surface area (Å²) in [5, 5.41) is 6.92. The second-order valence-electron chi connectivity index (χ2n) is 6.55. The first-order valence-electron chi connectivity index (χ1n) is 7.64. The van der Waals surface area contributed by atoms with Crippen molar-refractivity contribution >= 4 is 11.9 Å². The van der Waals surface area contributed by atoms with Crippen LogP contribution in [-0.4, -0.2) is 47.0 Å². The van der Waals surface area contributed by atoms with Gasteiger partial charge in [-0.3, -0.25) is 9.48 Å². The molecule has 130 valence electrons. The van der Waals surface area contributed by atoms with E-state index >= 15 is 0 Å². The number of amides is 1. The number of alkyl carbamates (subject to hydrolysis) is 1. The van der Waals surface area contributed by atoms with Crippen molar-refractivity contribution in [2.75, 3.05) is 13.7 Å². The number of carbonyl (C=O) groups excluding carboxylic acids is 2. The van der Waals surface area contributed by atoms with E-state index < -0.39 is 11.7 Å². The lowest BCUT2D eigenvalue weighted by molar-refractivity contribution is 0.0490. The Morgan fingerprint density at radius 3 is 2.52 bits per heavy atom. The van der Waals surface area contributed by atoms with Crippen molar-refractivity contribution in [3.8, 4) is 0 Å². The van der Waals surface area contributed by atoms with Crippen LogP contribution in [0.2, 0.25) is 0 Å². The fraction of sp³-hybridized carbons (Fsp3) is 0.688. The summed E-state index contributed by atoms with van der Waals surface area (Å²) in [6, 6.07) is -0.350. The van der Waals surface area contributed by atoms with E-state index in [0.717, 1.165) is 0 Å². The Kier molecular flexibility index (Phi) is 6.75. The Balaban J connectivity index is 2.72. The van der Waals surface area contributed by atoms with Crippen LogP contribution in [0.5, 0.6) is 0 Å². The molecule has 23 heavy (non-hydrogen) atoms. The van der Waals surface area contributed by atoms with Crippen LogP contribution < -0.4 is 5.32 Å². The highest BCUT2D eigenvalue weighted by atomic mass is 16.6. The smallest absolute Gasteiger partial charge is 0.407 e. The van der Waals surface area contributed by atoms with Gasteiger partial charge in [0.15, 0.2) is 5.78 Å². The van der Waals surface area contributed by atoms with Gasteiger partial charge in [-0.1, -0.05) is 0 Å². The van der Waals surface area contributed by atoms with Gasteiger partial charge in [0.25, 0.3) is 0 Å². The molecule has 0 radical (unpaired) electrons. The van der Waals surface area contributed by atoms with Crippen molar-refractivity contribution in [2.45, 2.75) is 52.2 Å². The SMILES string of the molecule is COCCC(CC(=O)c1cn(C)nc1C)NC(=O)OC(C)(C)C. The number of ketones is 1. The van der Waals surface area contributed by atoms with Gasteiger partial charge >= 0.3 is 6.09 Å². The maximum Gasteiger partial charge on any atom is 0.407 e. The van der Waals surface area contributed by atoms with Gasteiger partial charge in [-0.2, -0.15) is 5.10 Å². The topological polar surface area (TPSA) is 82.5 Å². The maximum absolute atomic E-state index is 12.4. The molecular weight excluding hydrogens is 298 g/mol. The number of nitrogens with zero attached hydrogens (tertiary/aromatic N) is 2. The predicted octanol–water partition coefficient (Wildman–Crippen LogP) is 2.23. The van der Waals surface area contributed by atoms with E-state index in [0.29, 0.717) is 24.3 Å². The minimum Gasteiger partial charge on any atom is -0.444 e. The molecule has 1 aromatic heterocycles. The van der Waals surface area contributed by atoms with Crippen LogP contribution in [0.3, 0.4) is 0 Å². The second kappa shape index (κ2) is 8.10. The van der Waals surface area contributed by atoms with Gasteiger partial charge in [0.1, 0.15) is 5.60 Å². The number of hydrogen-bond acceptors (Lipinski definition) is 5. The van der Waals surface area contributed by atoms with Crippen LogP contribution in [0.1, 0.15) is 49.7 Å². The molecule has 1 amide bonds. The molecule has 0 aliphatic rings. The van der Waals surface area contributed by atoms with Gasteiger partial charge in [-0.25, -0.2) is 4.79 Å². The minimum atomic E-state index is -0.583. The summed E-state index contributed by atoms with van der Waals surface area (Å²) in [6.45, 7) is 7.61. The molecule has 0 saturated heterocycles. The largest absolute Gasteiger partial charge is 0.444 e. The Morgan fingerprint density at radius 2 is 2.04 bits per heavy atom. The summed E-state index contributed by atoms with van der Waals surface area (Å²) in [5.74, 6) is -0.0623. The molecule has 1 atom stereocenters. The van der Waals surface area contributed by atoms with Crippen molar-refractivity contribution in [2.24, 2.45) is 7.05 Å².